The van der Waals surface area contributed by atoms with E-state index in [-0.39, 0.29) is 11.9 Å². The van der Waals surface area contributed by atoms with Crippen LogP contribution in [-0.2, 0) is 4.74 Å². The van der Waals surface area contributed by atoms with Crippen molar-refractivity contribution in [2.45, 2.75) is 18.9 Å². The normalized spacial score (nSPS) is 19.3. The molecule has 30 heavy (non-hydrogen) atoms. The molecule has 1 atom stereocenters. The van der Waals surface area contributed by atoms with Crippen molar-refractivity contribution >= 4 is 34.6 Å². The van der Waals surface area contributed by atoms with Gasteiger partial charge in [-0.2, -0.15) is 0 Å². The Balaban J connectivity index is 1.54. The molecule has 0 bridgehead atoms. The number of benzene rings is 1. The minimum atomic E-state index is -0.685. The molecule has 2 aliphatic heterocycles. The molecule has 0 unspecified atom stereocenters. The number of primary amides is 1. The average molecular weight is 430 g/mol. The van der Waals surface area contributed by atoms with Gasteiger partial charge in [-0.1, -0.05) is 12.1 Å². The second-order valence-electron chi connectivity index (χ2n) is 7.51. The Kier molecular flexibility index (Phi) is 6.51. The molecule has 2 fully saturated rings. The molecule has 3 amide bonds. The number of hydrogen-bond acceptors (Lipinski definition) is 6. The number of urea groups is 1. The molecule has 9 heteroatoms. The van der Waals surface area contributed by atoms with Crippen LogP contribution in [0.1, 0.15) is 22.5 Å². The number of piperidine rings is 1. The number of rotatable bonds is 5. The van der Waals surface area contributed by atoms with Crippen LogP contribution in [0.5, 0.6) is 0 Å². The first-order chi connectivity index (χ1) is 14.6. The highest BCUT2D eigenvalue weighted by atomic mass is 32.1. The lowest BCUT2D eigenvalue weighted by molar-refractivity contribution is 0.0935. The lowest BCUT2D eigenvalue weighted by Crippen LogP contribution is -2.45. The van der Waals surface area contributed by atoms with Gasteiger partial charge in [-0.3, -0.25) is 4.79 Å². The summed E-state index contributed by atoms with van der Waals surface area (Å²) in [7, 11) is 0. The summed E-state index contributed by atoms with van der Waals surface area (Å²) in [5, 5.41) is 8.95. The molecule has 5 N–H and O–H groups in total. The number of thiophene rings is 1. The van der Waals surface area contributed by atoms with Crippen molar-refractivity contribution in [2.75, 3.05) is 49.6 Å². The van der Waals surface area contributed by atoms with Crippen molar-refractivity contribution < 1.29 is 14.3 Å². The fraction of sp³-hybridized carbons (Fsp3) is 0.429. The van der Waals surface area contributed by atoms with E-state index in [4.69, 9.17) is 10.5 Å². The third kappa shape index (κ3) is 4.92. The van der Waals surface area contributed by atoms with Gasteiger partial charge in [-0.15, -0.1) is 11.3 Å². The van der Waals surface area contributed by atoms with Crippen LogP contribution in [-0.4, -0.2) is 57.4 Å². The zero-order chi connectivity index (χ0) is 20.9. The molecular formula is C21H27N5O3S. The minimum Gasteiger partial charge on any atom is -0.378 e. The number of carbonyl (C=O) groups excluding carboxylic acids is 2. The summed E-state index contributed by atoms with van der Waals surface area (Å²) in [6.07, 6.45) is 1.97. The molecule has 0 saturated carbocycles. The van der Waals surface area contributed by atoms with Gasteiger partial charge in [-0.05, 0) is 43.1 Å². The minimum absolute atomic E-state index is 0.0889. The zero-order valence-electron chi connectivity index (χ0n) is 16.8. The van der Waals surface area contributed by atoms with E-state index >= 15 is 0 Å². The van der Waals surface area contributed by atoms with Crippen molar-refractivity contribution in [3.8, 4) is 10.4 Å². The Morgan fingerprint density at radius 1 is 1.20 bits per heavy atom. The highest BCUT2D eigenvalue weighted by molar-refractivity contribution is 7.18. The third-order valence-electron chi connectivity index (χ3n) is 5.36. The molecule has 160 valence electrons. The van der Waals surface area contributed by atoms with E-state index in [9.17, 15) is 9.59 Å². The number of amides is 3. The van der Waals surface area contributed by atoms with E-state index in [1.807, 2.05) is 18.2 Å². The van der Waals surface area contributed by atoms with Gasteiger partial charge in [0.15, 0.2) is 0 Å². The second-order valence-corrected chi connectivity index (χ2v) is 8.56. The maximum absolute atomic E-state index is 12.9. The van der Waals surface area contributed by atoms with Crippen molar-refractivity contribution in [3.63, 3.8) is 0 Å². The van der Waals surface area contributed by atoms with Gasteiger partial charge in [0.05, 0.1) is 18.9 Å². The first-order valence-electron chi connectivity index (χ1n) is 10.2. The maximum atomic E-state index is 12.9. The van der Waals surface area contributed by atoms with Gasteiger partial charge in [0.2, 0.25) is 0 Å². The SMILES string of the molecule is NC(=O)Nc1cc(-c2ccc(N3CCOCC3)cc2)sc1C(=O)N[C@H]1CCCNC1. The Labute approximate surface area is 179 Å². The van der Waals surface area contributed by atoms with Crippen LogP contribution in [0.3, 0.4) is 0 Å². The van der Waals surface area contributed by atoms with Gasteiger partial charge < -0.3 is 31.3 Å². The number of morpholine rings is 1. The maximum Gasteiger partial charge on any atom is 0.316 e. The Morgan fingerprint density at radius 3 is 2.63 bits per heavy atom. The van der Waals surface area contributed by atoms with Crippen LogP contribution in [0.2, 0.25) is 0 Å². The molecule has 0 spiro atoms. The largest absolute Gasteiger partial charge is 0.378 e. The molecular weight excluding hydrogens is 402 g/mol. The number of nitrogens with zero attached hydrogens (tertiary/aromatic N) is 1. The van der Waals surface area contributed by atoms with Gasteiger partial charge >= 0.3 is 6.03 Å². The Bertz CT molecular complexity index is 887. The summed E-state index contributed by atoms with van der Waals surface area (Å²) in [6.45, 7) is 4.97. The number of ether oxygens (including phenoxy) is 1. The second kappa shape index (κ2) is 9.46. The van der Waals surface area contributed by atoms with Crippen LogP contribution in [0.4, 0.5) is 16.2 Å². The fourth-order valence-electron chi connectivity index (χ4n) is 3.81. The third-order valence-corrected chi connectivity index (χ3v) is 6.54. The summed E-state index contributed by atoms with van der Waals surface area (Å²) in [4.78, 5) is 28.0. The average Bonchev–Trinajstić information content (AvgIpc) is 3.18. The van der Waals surface area contributed by atoms with E-state index in [0.29, 0.717) is 10.6 Å². The number of carbonyl (C=O) groups is 2. The number of nitrogens with two attached hydrogens (primary N) is 1. The lowest BCUT2D eigenvalue weighted by Gasteiger charge is -2.28. The molecule has 2 aromatic rings. The van der Waals surface area contributed by atoms with Crippen molar-refractivity contribution in [3.05, 3.63) is 35.2 Å². The topological polar surface area (TPSA) is 109 Å². The predicted molar refractivity (Wildman–Crippen MR) is 119 cm³/mol. The Hall–Kier alpha value is -2.62. The first kappa shape index (κ1) is 20.6. The molecule has 1 aromatic heterocycles. The summed E-state index contributed by atoms with van der Waals surface area (Å²) < 4.78 is 5.41. The van der Waals surface area contributed by atoms with E-state index in [0.717, 1.165) is 68.4 Å². The van der Waals surface area contributed by atoms with Crippen LogP contribution in [0.25, 0.3) is 10.4 Å². The molecule has 1 aromatic carbocycles. The summed E-state index contributed by atoms with van der Waals surface area (Å²) in [5.74, 6) is -0.186. The van der Waals surface area contributed by atoms with E-state index in [2.05, 4.69) is 33.0 Å². The molecule has 0 aliphatic carbocycles. The summed E-state index contributed by atoms with van der Waals surface area (Å²) in [6, 6.07) is 9.45. The van der Waals surface area contributed by atoms with E-state index < -0.39 is 6.03 Å². The van der Waals surface area contributed by atoms with E-state index in [1.54, 1.807) is 0 Å². The van der Waals surface area contributed by atoms with Crippen LogP contribution in [0.15, 0.2) is 30.3 Å². The van der Waals surface area contributed by atoms with Crippen LogP contribution < -0.4 is 26.6 Å². The number of nitrogens with one attached hydrogen (secondary N) is 3. The van der Waals surface area contributed by atoms with Gasteiger partial charge in [-0.25, -0.2) is 4.79 Å². The molecule has 0 radical (unpaired) electrons. The standard InChI is InChI=1S/C21H27N5O3S/c22-21(28)25-17-12-18(30-19(17)20(27)24-15-2-1-7-23-13-15)14-3-5-16(6-4-14)26-8-10-29-11-9-26/h3-6,12,15,23H,1-2,7-11,13H2,(H,24,27)(H3,22,25,28)/t15-/m0/s1. The van der Waals surface area contributed by atoms with Crippen molar-refractivity contribution in [1.29, 1.82) is 0 Å². The smallest absolute Gasteiger partial charge is 0.316 e. The highest BCUT2D eigenvalue weighted by Crippen LogP contribution is 2.36. The fourth-order valence-corrected chi connectivity index (χ4v) is 4.83. The van der Waals surface area contributed by atoms with Crippen molar-refractivity contribution in [1.82, 2.24) is 10.6 Å². The van der Waals surface area contributed by atoms with Gasteiger partial charge in [0, 0.05) is 36.2 Å². The molecule has 2 saturated heterocycles. The lowest BCUT2D eigenvalue weighted by atomic mass is 10.1. The predicted octanol–water partition coefficient (Wildman–Crippen LogP) is 2.22. The number of anilines is 2. The van der Waals surface area contributed by atoms with E-state index in [1.165, 1.54) is 11.3 Å². The summed E-state index contributed by atoms with van der Waals surface area (Å²) in [5.41, 5.74) is 7.91. The molecule has 3 heterocycles. The number of hydrogen-bond donors (Lipinski definition) is 4. The highest BCUT2D eigenvalue weighted by Gasteiger charge is 2.22. The van der Waals surface area contributed by atoms with Crippen LogP contribution in [0, 0.1) is 0 Å². The monoisotopic (exact) mass is 429 g/mol. The Morgan fingerprint density at radius 2 is 1.97 bits per heavy atom. The quantitative estimate of drug-likeness (QED) is 0.583. The van der Waals surface area contributed by atoms with Gasteiger partial charge in [0.25, 0.3) is 5.91 Å². The zero-order valence-corrected chi connectivity index (χ0v) is 17.6. The van der Waals surface area contributed by atoms with Gasteiger partial charge in [0.1, 0.15) is 4.88 Å². The molecule has 8 nitrogen and oxygen atoms in total. The van der Waals surface area contributed by atoms with Crippen LogP contribution >= 0.6 is 11.3 Å². The molecule has 4 rings (SSSR count). The first-order valence-corrected chi connectivity index (χ1v) is 11.1. The summed E-state index contributed by atoms with van der Waals surface area (Å²) >= 11 is 1.36. The molecule has 2 aliphatic rings. The van der Waals surface area contributed by atoms with Crippen molar-refractivity contribution in [2.24, 2.45) is 5.73 Å².